The lowest BCUT2D eigenvalue weighted by molar-refractivity contribution is -0.136. The molecule has 194 valence electrons. The fourth-order valence-corrected chi connectivity index (χ4v) is 4.47. The largest absolute Gasteiger partial charge is 0.488 e. The zero-order valence-corrected chi connectivity index (χ0v) is 21.4. The van der Waals surface area contributed by atoms with Crippen LogP contribution in [0, 0.1) is 0 Å². The summed E-state index contributed by atoms with van der Waals surface area (Å²) in [5, 5.41) is 10.2. The number of furan rings is 1. The summed E-state index contributed by atoms with van der Waals surface area (Å²) in [5.41, 5.74) is 12.5. The average Bonchev–Trinajstić information content (AvgIpc) is 3.36. The summed E-state index contributed by atoms with van der Waals surface area (Å²) >= 11 is 0. The van der Waals surface area contributed by atoms with Crippen LogP contribution in [0.2, 0.25) is 0 Å². The first-order valence-electron chi connectivity index (χ1n) is 12.7. The first kappa shape index (κ1) is 26.3. The number of carboxylic acids is 1. The first-order chi connectivity index (χ1) is 18.1. The Labute approximate surface area is 217 Å². The van der Waals surface area contributed by atoms with E-state index in [9.17, 15) is 9.90 Å². The Bertz CT molecular complexity index is 1340. The van der Waals surface area contributed by atoms with Crippen molar-refractivity contribution in [1.29, 1.82) is 0 Å². The fraction of sp³-hybridized carbons (Fsp3) is 0.300. The minimum absolute atomic E-state index is 0.0921. The molecule has 0 saturated carbocycles. The lowest BCUT2D eigenvalue weighted by atomic mass is 9.99. The standard InChI is InChI=1S/C28H28N2O5.C2H6/c29-16-19-4-3-6-20(12-19)22-13-24-23(17-34-26-7-2-1-5-21(26)15-27(31)32)18-35-28(24)25(14-22)30-8-10-33-11-9-30;1-2/h1-7,12-14,18H,8-11,15-17,29H2,(H,31,32);1-2H3. The zero-order chi connectivity index (χ0) is 26.2. The van der Waals surface area contributed by atoms with Gasteiger partial charge in [-0.2, -0.15) is 0 Å². The summed E-state index contributed by atoms with van der Waals surface area (Å²) in [6.07, 6.45) is 1.64. The second-order valence-corrected chi connectivity index (χ2v) is 8.60. The quantitative estimate of drug-likeness (QED) is 0.322. The van der Waals surface area contributed by atoms with Gasteiger partial charge in [0.15, 0.2) is 5.58 Å². The average molecular weight is 503 g/mol. The maximum atomic E-state index is 11.2. The lowest BCUT2D eigenvalue weighted by Gasteiger charge is -2.29. The molecule has 4 aromatic rings. The molecule has 1 aliphatic heterocycles. The Morgan fingerprint density at radius 1 is 1.00 bits per heavy atom. The second-order valence-electron chi connectivity index (χ2n) is 8.60. The highest BCUT2D eigenvalue weighted by molar-refractivity contribution is 5.96. The number of hydrogen-bond donors (Lipinski definition) is 2. The van der Waals surface area contributed by atoms with E-state index in [-0.39, 0.29) is 13.0 Å². The molecule has 7 nitrogen and oxygen atoms in total. The van der Waals surface area contributed by atoms with Crippen LogP contribution in [0.15, 0.2) is 71.3 Å². The number of carboxylic acid groups (broad SMARTS) is 1. The molecule has 0 unspecified atom stereocenters. The minimum atomic E-state index is -0.894. The summed E-state index contributed by atoms with van der Waals surface area (Å²) in [7, 11) is 0. The molecule has 7 heteroatoms. The predicted octanol–water partition coefficient (Wildman–Crippen LogP) is 5.63. The Balaban J connectivity index is 0.00000156. The van der Waals surface area contributed by atoms with E-state index in [1.165, 1.54) is 0 Å². The van der Waals surface area contributed by atoms with Gasteiger partial charge in [-0.15, -0.1) is 0 Å². The van der Waals surface area contributed by atoms with Crippen molar-refractivity contribution in [2.24, 2.45) is 5.73 Å². The minimum Gasteiger partial charge on any atom is -0.488 e. The van der Waals surface area contributed by atoms with Crippen molar-refractivity contribution in [1.82, 2.24) is 0 Å². The molecule has 1 fully saturated rings. The number of aliphatic carboxylic acids is 1. The number of para-hydroxylation sites is 1. The van der Waals surface area contributed by atoms with Gasteiger partial charge in [0.2, 0.25) is 0 Å². The Morgan fingerprint density at radius 2 is 1.78 bits per heavy atom. The smallest absolute Gasteiger partial charge is 0.307 e. The molecule has 0 aliphatic carbocycles. The summed E-state index contributed by atoms with van der Waals surface area (Å²) in [6.45, 7) is 7.66. The highest BCUT2D eigenvalue weighted by atomic mass is 16.5. The van der Waals surface area contributed by atoms with Crippen LogP contribution in [0.25, 0.3) is 22.1 Å². The SMILES string of the molecule is CC.NCc1cccc(-c2cc(N3CCOCC3)c3occ(COc4ccccc4CC(=O)O)c3c2)c1. The second kappa shape index (κ2) is 12.4. The molecule has 37 heavy (non-hydrogen) atoms. The van der Waals surface area contributed by atoms with Crippen LogP contribution in [0.4, 0.5) is 5.69 Å². The molecular formula is C30H34N2O5. The van der Waals surface area contributed by atoms with Crippen LogP contribution in [0.1, 0.15) is 30.5 Å². The Hall–Kier alpha value is -3.81. The van der Waals surface area contributed by atoms with Crippen LogP contribution >= 0.6 is 0 Å². The first-order valence-corrected chi connectivity index (χ1v) is 12.7. The van der Waals surface area contributed by atoms with E-state index < -0.39 is 5.97 Å². The molecule has 0 spiro atoms. The fourth-order valence-electron chi connectivity index (χ4n) is 4.47. The maximum absolute atomic E-state index is 11.2. The van der Waals surface area contributed by atoms with Gasteiger partial charge < -0.3 is 29.6 Å². The number of ether oxygens (including phenoxy) is 2. The van der Waals surface area contributed by atoms with Crippen molar-refractivity contribution in [3.8, 4) is 16.9 Å². The monoisotopic (exact) mass is 502 g/mol. The normalized spacial score (nSPS) is 13.2. The lowest BCUT2D eigenvalue weighted by Crippen LogP contribution is -2.36. The maximum Gasteiger partial charge on any atom is 0.307 e. The third-order valence-corrected chi connectivity index (χ3v) is 6.28. The van der Waals surface area contributed by atoms with Gasteiger partial charge in [0.1, 0.15) is 12.4 Å². The van der Waals surface area contributed by atoms with Crippen LogP contribution in [0.3, 0.4) is 0 Å². The summed E-state index contributed by atoms with van der Waals surface area (Å²) in [5.74, 6) is -0.334. The van der Waals surface area contributed by atoms with Crippen molar-refractivity contribution in [2.75, 3.05) is 31.2 Å². The van der Waals surface area contributed by atoms with Gasteiger partial charge in [0.25, 0.3) is 0 Å². The molecule has 3 aromatic carbocycles. The highest BCUT2D eigenvalue weighted by Gasteiger charge is 2.20. The topological polar surface area (TPSA) is 98.2 Å². The van der Waals surface area contributed by atoms with Gasteiger partial charge in [-0.1, -0.05) is 50.2 Å². The van der Waals surface area contributed by atoms with E-state index in [0.717, 1.165) is 52.0 Å². The van der Waals surface area contributed by atoms with E-state index in [0.29, 0.717) is 31.1 Å². The number of nitrogens with two attached hydrogens (primary N) is 1. The van der Waals surface area contributed by atoms with Crippen LogP contribution in [0.5, 0.6) is 5.75 Å². The van der Waals surface area contributed by atoms with E-state index in [4.69, 9.17) is 19.6 Å². The number of anilines is 1. The summed E-state index contributed by atoms with van der Waals surface area (Å²) < 4.78 is 17.7. The van der Waals surface area contributed by atoms with Crippen molar-refractivity contribution in [3.63, 3.8) is 0 Å². The number of fused-ring (bicyclic) bond motifs is 1. The number of rotatable bonds is 8. The molecule has 1 aliphatic rings. The third-order valence-electron chi connectivity index (χ3n) is 6.28. The van der Waals surface area contributed by atoms with Crippen molar-refractivity contribution < 1.29 is 23.8 Å². The van der Waals surface area contributed by atoms with Crippen LogP contribution in [-0.4, -0.2) is 37.4 Å². The van der Waals surface area contributed by atoms with Crippen LogP contribution in [-0.2, 0) is 29.1 Å². The number of morpholine rings is 1. The molecule has 3 N–H and O–H groups in total. The molecule has 1 aromatic heterocycles. The number of benzene rings is 3. The van der Waals surface area contributed by atoms with Gasteiger partial charge in [-0.25, -0.2) is 0 Å². The Kier molecular flexibility index (Phi) is 8.82. The van der Waals surface area contributed by atoms with E-state index in [1.807, 2.05) is 38.1 Å². The molecule has 0 bridgehead atoms. The zero-order valence-electron chi connectivity index (χ0n) is 21.4. The van der Waals surface area contributed by atoms with Gasteiger partial charge in [0, 0.05) is 36.1 Å². The number of carbonyl (C=O) groups is 1. The van der Waals surface area contributed by atoms with E-state index in [2.05, 4.69) is 29.2 Å². The highest BCUT2D eigenvalue weighted by Crippen LogP contribution is 2.37. The molecule has 2 heterocycles. The van der Waals surface area contributed by atoms with Crippen molar-refractivity contribution >= 4 is 22.6 Å². The molecule has 0 amide bonds. The predicted molar refractivity (Wildman–Crippen MR) is 146 cm³/mol. The number of hydrogen-bond acceptors (Lipinski definition) is 6. The molecule has 0 radical (unpaired) electrons. The molecule has 0 atom stereocenters. The number of nitrogens with zero attached hydrogens (tertiary/aromatic N) is 1. The van der Waals surface area contributed by atoms with Crippen LogP contribution < -0.4 is 15.4 Å². The van der Waals surface area contributed by atoms with Gasteiger partial charge in [0.05, 0.1) is 31.6 Å². The summed E-state index contributed by atoms with van der Waals surface area (Å²) in [4.78, 5) is 13.5. The van der Waals surface area contributed by atoms with Crippen molar-refractivity contribution in [2.45, 2.75) is 33.4 Å². The Morgan fingerprint density at radius 3 is 2.54 bits per heavy atom. The van der Waals surface area contributed by atoms with Gasteiger partial charge in [-0.3, -0.25) is 4.79 Å². The third kappa shape index (κ3) is 6.13. The molecule has 1 saturated heterocycles. The van der Waals surface area contributed by atoms with Crippen molar-refractivity contribution in [3.05, 3.63) is 83.6 Å². The van der Waals surface area contributed by atoms with E-state index in [1.54, 1.807) is 18.4 Å². The summed E-state index contributed by atoms with van der Waals surface area (Å²) in [6, 6.07) is 19.8. The van der Waals surface area contributed by atoms with Gasteiger partial charge >= 0.3 is 5.97 Å². The van der Waals surface area contributed by atoms with E-state index >= 15 is 0 Å². The molecular weight excluding hydrogens is 468 g/mol. The van der Waals surface area contributed by atoms with Gasteiger partial charge in [-0.05, 0) is 41.0 Å². The molecule has 5 rings (SSSR count).